The number of likely N-dealkylation sites (N-methyl/N-ethyl adjacent to an activating group) is 1. The van der Waals surface area contributed by atoms with E-state index < -0.39 is 0 Å². The molecule has 1 heterocycles. The Hall–Kier alpha value is -2.28. The molecule has 7 nitrogen and oxygen atoms in total. The number of benzene rings is 1. The molecule has 1 aromatic rings. The van der Waals surface area contributed by atoms with E-state index in [-0.39, 0.29) is 24.8 Å². The highest BCUT2D eigenvalue weighted by Crippen LogP contribution is 2.27. The van der Waals surface area contributed by atoms with Crippen LogP contribution in [-0.2, 0) is 16.0 Å². The van der Waals surface area contributed by atoms with Crippen LogP contribution in [0.5, 0.6) is 11.5 Å². The van der Waals surface area contributed by atoms with Crippen LogP contribution >= 0.6 is 0 Å². The number of rotatable bonds is 6. The predicted octanol–water partition coefficient (Wildman–Crippen LogP) is 0.137. The van der Waals surface area contributed by atoms with Gasteiger partial charge in [0.25, 0.3) is 0 Å². The van der Waals surface area contributed by atoms with Gasteiger partial charge in [-0.15, -0.1) is 0 Å². The highest BCUT2D eigenvalue weighted by Gasteiger charge is 2.20. The molecule has 7 heteroatoms. The highest BCUT2D eigenvalue weighted by atomic mass is 16.5. The Labute approximate surface area is 142 Å². The normalized spacial score (nSPS) is 14.2. The van der Waals surface area contributed by atoms with Gasteiger partial charge in [0.15, 0.2) is 11.5 Å². The lowest BCUT2D eigenvalue weighted by molar-refractivity contribution is -0.139. The van der Waals surface area contributed by atoms with E-state index in [0.717, 1.165) is 18.7 Å². The average Bonchev–Trinajstić information content (AvgIpc) is 2.62. The monoisotopic (exact) mass is 335 g/mol. The fourth-order valence-electron chi connectivity index (χ4n) is 2.61. The summed E-state index contributed by atoms with van der Waals surface area (Å²) >= 11 is 0. The molecule has 1 fully saturated rings. The molecule has 24 heavy (non-hydrogen) atoms. The standard InChI is InChI=1S/C17H25N3O4/c1-19(12-17(22)20-8-6-18-7-9-20)16(21)11-13-4-5-14(23-2)15(10-13)24-3/h4-5,10,18H,6-9,11-12H2,1-3H3. The average molecular weight is 335 g/mol. The fraction of sp³-hybridized carbons (Fsp3) is 0.529. The molecule has 1 aliphatic heterocycles. The summed E-state index contributed by atoms with van der Waals surface area (Å²) in [4.78, 5) is 27.8. The van der Waals surface area contributed by atoms with Gasteiger partial charge in [-0.25, -0.2) is 0 Å². The molecule has 1 N–H and O–H groups in total. The maximum atomic E-state index is 12.4. The van der Waals surface area contributed by atoms with Gasteiger partial charge < -0.3 is 24.6 Å². The lowest BCUT2D eigenvalue weighted by Crippen LogP contribution is -2.49. The van der Waals surface area contributed by atoms with Gasteiger partial charge in [0.1, 0.15) is 0 Å². The Bertz CT molecular complexity index is 585. The first-order chi connectivity index (χ1) is 11.5. The van der Waals surface area contributed by atoms with Crippen molar-refractivity contribution in [2.24, 2.45) is 0 Å². The van der Waals surface area contributed by atoms with E-state index in [4.69, 9.17) is 9.47 Å². The van der Waals surface area contributed by atoms with E-state index >= 15 is 0 Å². The molecule has 0 aliphatic carbocycles. The third-order valence-electron chi connectivity index (χ3n) is 4.07. The van der Waals surface area contributed by atoms with Crippen LogP contribution in [0, 0.1) is 0 Å². The molecule has 2 amide bonds. The summed E-state index contributed by atoms with van der Waals surface area (Å²) < 4.78 is 10.4. The summed E-state index contributed by atoms with van der Waals surface area (Å²) in [5, 5.41) is 3.20. The number of methoxy groups -OCH3 is 2. The van der Waals surface area contributed by atoms with Crippen molar-refractivity contribution in [1.82, 2.24) is 15.1 Å². The van der Waals surface area contributed by atoms with Crippen molar-refractivity contribution in [2.45, 2.75) is 6.42 Å². The zero-order chi connectivity index (χ0) is 17.5. The smallest absolute Gasteiger partial charge is 0.242 e. The molecule has 1 aromatic carbocycles. The van der Waals surface area contributed by atoms with Crippen molar-refractivity contribution >= 4 is 11.8 Å². The van der Waals surface area contributed by atoms with Gasteiger partial charge in [-0.3, -0.25) is 9.59 Å². The van der Waals surface area contributed by atoms with E-state index in [0.29, 0.717) is 24.6 Å². The van der Waals surface area contributed by atoms with Gasteiger partial charge in [-0.1, -0.05) is 6.07 Å². The van der Waals surface area contributed by atoms with Crippen molar-refractivity contribution in [1.29, 1.82) is 0 Å². The minimum atomic E-state index is -0.106. The Kier molecular flexibility index (Phi) is 6.43. The van der Waals surface area contributed by atoms with Crippen LogP contribution in [0.25, 0.3) is 0 Å². The first-order valence-corrected chi connectivity index (χ1v) is 7.98. The summed E-state index contributed by atoms with van der Waals surface area (Å²) in [6, 6.07) is 5.38. The number of amides is 2. The largest absolute Gasteiger partial charge is 0.493 e. The molecule has 1 saturated heterocycles. The molecule has 1 aliphatic rings. The van der Waals surface area contributed by atoms with E-state index in [1.165, 1.54) is 4.90 Å². The number of hydrogen-bond donors (Lipinski definition) is 1. The lowest BCUT2D eigenvalue weighted by Gasteiger charge is -2.29. The van der Waals surface area contributed by atoms with Crippen molar-refractivity contribution in [2.75, 3.05) is 54.0 Å². The molecule has 0 radical (unpaired) electrons. The van der Waals surface area contributed by atoms with E-state index in [1.807, 2.05) is 6.07 Å². The first-order valence-electron chi connectivity index (χ1n) is 7.98. The second kappa shape index (κ2) is 8.54. The van der Waals surface area contributed by atoms with E-state index in [9.17, 15) is 9.59 Å². The fourth-order valence-corrected chi connectivity index (χ4v) is 2.61. The van der Waals surface area contributed by atoms with Gasteiger partial charge in [-0.2, -0.15) is 0 Å². The topological polar surface area (TPSA) is 71.1 Å². The number of carbonyl (C=O) groups is 2. The number of ether oxygens (including phenoxy) is 2. The number of piperazine rings is 1. The summed E-state index contributed by atoms with van der Waals surface area (Å²) in [6.07, 6.45) is 0.214. The Morgan fingerprint density at radius 3 is 2.46 bits per heavy atom. The SMILES string of the molecule is COc1ccc(CC(=O)N(C)CC(=O)N2CCNCC2)cc1OC. The molecule has 0 spiro atoms. The van der Waals surface area contributed by atoms with Gasteiger partial charge in [-0.05, 0) is 17.7 Å². The highest BCUT2D eigenvalue weighted by molar-refractivity contribution is 5.85. The lowest BCUT2D eigenvalue weighted by atomic mass is 10.1. The number of carbonyl (C=O) groups excluding carboxylic acids is 2. The van der Waals surface area contributed by atoms with Gasteiger partial charge in [0.2, 0.25) is 11.8 Å². The molecule has 132 valence electrons. The second-order valence-corrected chi connectivity index (χ2v) is 5.75. The van der Waals surface area contributed by atoms with Crippen LogP contribution < -0.4 is 14.8 Å². The van der Waals surface area contributed by atoms with Crippen LogP contribution in [0.2, 0.25) is 0 Å². The predicted molar refractivity (Wildman–Crippen MR) is 90.3 cm³/mol. The van der Waals surface area contributed by atoms with Crippen LogP contribution in [-0.4, -0.2) is 75.6 Å². The molecule has 0 saturated carbocycles. The maximum absolute atomic E-state index is 12.4. The van der Waals surface area contributed by atoms with Crippen molar-refractivity contribution < 1.29 is 19.1 Å². The van der Waals surface area contributed by atoms with Crippen LogP contribution in [0.3, 0.4) is 0 Å². The minimum Gasteiger partial charge on any atom is -0.493 e. The number of hydrogen-bond acceptors (Lipinski definition) is 5. The maximum Gasteiger partial charge on any atom is 0.242 e. The quantitative estimate of drug-likeness (QED) is 0.801. The molecular formula is C17H25N3O4. The molecule has 0 atom stereocenters. The third-order valence-corrected chi connectivity index (χ3v) is 4.07. The Morgan fingerprint density at radius 1 is 1.17 bits per heavy atom. The second-order valence-electron chi connectivity index (χ2n) is 5.75. The first kappa shape index (κ1) is 18.1. The zero-order valence-corrected chi connectivity index (χ0v) is 14.5. The molecule has 0 aromatic heterocycles. The third kappa shape index (κ3) is 4.61. The number of nitrogens with zero attached hydrogens (tertiary/aromatic N) is 2. The molecule has 0 bridgehead atoms. The van der Waals surface area contributed by atoms with E-state index in [1.54, 1.807) is 38.3 Å². The summed E-state index contributed by atoms with van der Waals surface area (Å²) in [7, 11) is 4.78. The molecule has 2 rings (SSSR count). The Morgan fingerprint density at radius 2 is 1.83 bits per heavy atom. The van der Waals surface area contributed by atoms with Crippen molar-refractivity contribution in [3.63, 3.8) is 0 Å². The van der Waals surface area contributed by atoms with Gasteiger partial charge >= 0.3 is 0 Å². The molecular weight excluding hydrogens is 310 g/mol. The summed E-state index contributed by atoms with van der Waals surface area (Å²) in [5.41, 5.74) is 0.819. The van der Waals surface area contributed by atoms with Gasteiger partial charge in [0, 0.05) is 33.2 Å². The Balaban J connectivity index is 1.92. The van der Waals surface area contributed by atoms with Crippen LogP contribution in [0.15, 0.2) is 18.2 Å². The van der Waals surface area contributed by atoms with Crippen LogP contribution in [0.4, 0.5) is 0 Å². The molecule has 0 unspecified atom stereocenters. The minimum absolute atomic E-state index is 0.0142. The summed E-state index contributed by atoms with van der Waals surface area (Å²) in [5.74, 6) is 1.09. The summed E-state index contributed by atoms with van der Waals surface area (Å²) in [6.45, 7) is 3.09. The number of nitrogens with one attached hydrogen (secondary N) is 1. The van der Waals surface area contributed by atoms with Crippen molar-refractivity contribution in [3.05, 3.63) is 23.8 Å². The zero-order valence-electron chi connectivity index (χ0n) is 14.5. The van der Waals surface area contributed by atoms with Crippen LogP contribution in [0.1, 0.15) is 5.56 Å². The van der Waals surface area contributed by atoms with Crippen molar-refractivity contribution in [3.8, 4) is 11.5 Å². The van der Waals surface area contributed by atoms with Gasteiger partial charge in [0.05, 0.1) is 27.2 Å². The van der Waals surface area contributed by atoms with E-state index in [2.05, 4.69) is 5.32 Å².